The van der Waals surface area contributed by atoms with Crippen LogP contribution in [0.5, 0.6) is 0 Å². The SMILES string of the molecule is CN(CCc1ccccn1)C(=O)c1ccc(-c2ccco2)[nH]c1=O. The number of hydrogen-bond acceptors (Lipinski definition) is 4. The summed E-state index contributed by atoms with van der Waals surface area (Å²) in [4.78, 5) is 33.1. The average Bonchev–Trinajstić information content (AvgIpc) is 3.14. The molecule has 0 radical (unpaired) electrons. The molecular formula is C18H17N3O3. The van der Waals surface area contributed by atoms with E-state index in [9.17, 15) is 9.59 Å². The van der Waals surface area contributed by atoms with Gasteiger partial charge in [0.25, 0.3) is 11.5 Å². The molecule has 0 aromatic carbocycles. The second kappa shape index (κ2) is 6.95. The van der Waals surface area contributed by atoms with Crippen LogP contribution < -0.4 is 5.56 Å². The molecule has 0 aliphatic carbocycles. The fraction of sp³-hybridized carbons (Fsp3) is 0.167. The van der Waals surface area contributed by atoms with Crippen molar-refractivity contribution in [2.24, 2.45) is 0 Å². The minimum atomic E-state index is -0.432. The molecule has 122 valence electrons. The largest absolute Gasteiger partial charge is 0.463 e. The molecule has 0 spiro atoms. The average molecular weight is 323 g/mol. The summed E-state index contributed by atoms with van der Waals surface area (Å²) in [5.74, 6) is 0.229. The van der Waals surface area contributed by atoms with Crippen molar-refractivity contribution < 1.29 is 9.21 Å². The van der Waals surface area contributed by atoms with Crippen LogP contribution in [0.15, 0.2) is 64.1 Å². The zero-order valence-corrected chi connectivity index (χ0v) is 13.2. The summed E-state index contributed by atoms with van der Waals surface area (Å²) in [6.07, 6.45) is 3.87. The highest BCUT2D eigenvalue weighted by molar-refractivity contribution is 5.93. The van der Waals surface area contributed by atoms with E-state index < -0.39 is 5.56 Å². The van der Waals surface area contributed by atoms with E-state index in [0.717, 1.165) is 5.69 Å². The molecular weight excluding hydrogens is 306 g/mol. The third-order valence-corrected chi connectivity index (χ3v) is 3.70. The van der Waals surface area contributed by atoms with Gasteiger partial charge in [-0.05, 0) is 36.4 Å². The molecule has 0 atom stereocenters. The highest BCUT2D eigenvalue weighted by Gasteiger charge is 2.16. The molecule has 3 heterocycles. The fourth-order valence-corrected chi connectivity index (χ4v) is 2.35. The third kappa shape index (κ3) is 3.43. The molecule has 0 unspecified atom stereocenters. The Morgan fingerprint density at radius 3 is 2.75 bits per heavy atom. The van der Waals surface area contributed by atoms with E-state index in [2.05, 4.69) is 9.97 Å². The maximum atomic E-state index is 12.4. The van der Waals surface area contributed by atoms with Crippen molar-refractivity contribution in [3.8, 4) is 11.5 Å². The van der Waals surface area contributed by atoms with E-state index in [1.54, 1.807) is 31.4 Å². The number of carbonyl (C=O) groups excluding carboxylic acids is 1. The number of aromatic amines is 1. The predicted molar refractivity (Wildman–Crippen MR) is 89.7 cm³/mol. The maximum Gasteiger partial charge on any atom is 0.261 e. The molecule has 6 heteroatoms. The van der Waals surface area contributed by atoms with Gasteiger partial charge in [0.15, 0.2) is 0 Å². The summed E-state index contributed by atoms with van der Waals surface area (Å²) in [6.45, 7) is 0.481. The Hall–Kier alpha value is -3.15. The summed E-state index contributed by atoms with van der Waals surface area (Å²) in [7, 11) is 1.67. The van der Waals surface area contributed by atoms with Gasteiger partial charge in [0, 0.05) is 31.9 Å². The summed E-state index contributed by atoms with van der Waals surface area (Å²) >= 11 is 0. The van der Waals surface area contributed by atoms with E-state index in [0.29, 0.717) is 24.4 Å². The first-order chi connectivity index (χ1) is 11.6. The number of nitrogens with zero attached hydrogens (tertiary/aromatic N) is 2. The van der Waals surface area contributed by atoms with Crippen LogP contribution in [0.25, 0.3) is 11.5 Å². The molecule has 0 bridgehead atoms. The smallest absolute Gasteiger partial charge is 0.261 e. The Labute approximate surface area is 138 Å². The zero-order valence-electron chi connectivity index (χ0n) is 13.2. The van der Waals surface area contributed by atoms with Gasteiger partial charge in [-0.25, -0.2) is 0 Å². The van der Waals surface area contributed by atoms with Gasteiger partial charge in [-0.1, -0.05) is 6.07 Å². The Balaban J connectivity index is 1.71. The molecule has 0 saturated carbocycles. The van der Waals surface area contributed by atoms with Crippen LogP contribution in [0, 0.1) is 0 Å². The van der Waals surface area contributed by atoms with Crippen LogP contribution in [0.2, 0.25) is 0 Å². The molecule has 1 N–H and O–H groups in total. The first kappa shape index (κ1) is 15.7. The number of furan rings is 1. The van der Waals surface area contributed by atoms with E-state index >= 15 is 0 Å². The van der Waals surface area contributed by atoms with Gasteiger partial charge < -0.3 is 14.3 Å². The lowest BCUT2D eigenvalue weighted by molar-refractivity contribution is 0.0794. The predicted octanol–water partition coefficient (Wildman–Crippen LogP) is 2.34. The monoisotopic (exact) mass is 323 g/mol. The van der Waals surface area contributed by atoms with Crippen molar-refractivity contribution in [2.75, 3.05) is 13.6 Å². The first-order valence-corrected chi connectivity index (χ1v) is 7.58. The molecule has 3 aromatic heterocycles. The molecule has 6 nitrogen and oxygen atoms in total. The fourth-order valence-electron chi connectivity index (χ4n) is 2.35. The van der Waals surface area contributed by atoms with E-state index in [1.807, 2.05) is 18.2 Å². The van der Waals surface area contributed by atoms with Crippen molar-refractivity contribution in [1.29, 1.82) is 0 Å². The number of hydrogen-bond donors (Lipinski definition) is 1. The zero-order chi connectivity index (χ0) is 16.9. The Morgan fingerprint density at radius 1 is 1.21 bits per heavy atom. The second-order valence-corrected chi connectivity index (χ2v) is 5.39. The lowest BCUT2D eigenvalue weighted by atomic mass is 10.2. The van der Waals surface area contributed by atoms with Crippen LogP contribution in [0.4, 0.5) is 0 Å². The lowest BCUT2D eigenvalue weighted by Crippen LogP contribution is -2.33. The van der Waals surface area contributed by atoms with Crippen molar-refractivity contribution in [2.45, 2.75) is 6.42 Å². The Morgan fingerprint density at radius 2 is 2.08 bits per heavy atom. The summed E-state index contributed by atoms with van der Waals surface area (Å²) in [5, 5.41) is 0. The molecule has 0 saturated heterocycles. The van der Waals surface area contributed by atoms with Crippen molar-refractivity contribution >= 4 is 5.91 Å². The van der Waals surface area contributed by atoms with Crippen LogP contribution in [-0.2, 0) is 6.42 Å². The van der Waals surface area contributed by atoms with Gasteiger partial charge in [-0.2, -0.15) is 0 Å². The standard InChI is InChI=1S/C18H17N3O3/c1-21(11-9-13-5-2-3-10-19-13)18(23)14-7-8-15(20-17(14)22)16-6-4-12-24-16/h2-8,10,12H,9,11H2,1H3,(H,20,22). The summed E-state index contributed by atoms with van der Waals surface area (Å²) in [6, 6.07) is 12.3. The van der Waals surface area contributed by atoms with E-state index in [4.69, 9.17) is 4.42 Å². The summed E-state index contributed by atoms with van der Waals surface area (Å²) in [5.41, 5.74) is 1.12. The topological polar surface area (TPSA) is 79.2 Å². The van der Waals surface area contributed by atoms with Gasteiger partial charge >= 0.3 is 0 Å². The highest BCUT2D eigenvalue weighted by atomic mass is 16.3. The van der Waals surface area contributed by atoms with E-state index in [1.165, 1.54) is 17.2 Å². The third-order valence-electron chi connectivity index (χ3n) is 3.70. The molecule has 0 aliphatic heterocycles. The number of amides is 1. The van der Waals surface area contributed by atoms with Crippen molar-refractivity contribution in [1.82, 2.24) is 14.9 Å². The van der Waals surface area contributed by atoms with Gasteiger partial charge in [-0.3, -0.25) is 14.6 Å². The quantitative estimate of drug-likeness (QED) is 0.781. The van der Waals surface area contributed by atoms with Crippen molar-refractivity contribution in [3.63, 3.8) is 0 Å². The van der Waals surface area contributed by atoms with Crippen LogP contribution in [0.3, 0.4) is 0 Å². The lowest BCUT2D eigenvalue weighted by Gasteiger charge is -2.16. The van der Waals surface area contributed by atoms with Gasteiger partial charge in [0.1, 0.15) is 11.3 Å². The number of likely N-dealkylation sites (N-methyl/N-ethyl adjacent to an activating group) is 1. The molecule has 24 heavy (non-hydrogen) atoms. The number of aromatic nitrogens is 2. The maximum absolute atomic E-state index is 12.4. The van der Waals surface area contributed by atoms with Crippen molar-refractivity contribution in [3.05, 3.63) is 76.5 Å². The number of carbonyl (C=O) groups is 1. The molecule has 1 amide bonds. The number of pyridine rings is 2. The molecule has 0 aliphatic rings. The molecule has 3 aromatic rings. The summed E-state index contributed by atoms with van der Waals surface area (Å²) < 4.78 is 5.24. The van der Waals surface area contributed by atoms with Gasteiger partial charge in [-0.15, -0.1) is 0 Å². The van der Waals surface area contributed by atoms with Gasteiger partial charge in [0.05, 0.1) is 12.0 Å². The Kier molecular flexibility index (Phi) is 4.56. The second-order valence-electron chi connectivity index (χ2n) is 5.39. The van der Waals surface area contributed by atoms with E-state index in [-0.39, 0.29) is 11.5 Å². The highest BCUT2D eigenvalue weighted by Crippen LogP contribution is 2.15. The number of nitrogens with one attached hydrogen (secondary N) is 1. The normalized spacial score (nSPS) is 10.5. The molecule has 3 rings (SSSR count). The molecule has 0 fully saturated rings. The van der Waals surface area contributed by atoms with Gasteiger partial charge in [0.2, 0.25) is 0 Å². The first-order valence-electron chi connectivity index (χ1n) is 7.58. The minimum Gasteiger partial charge on any atom is -0.463 e. The van der Waals surface area contributed by atoms with Crippen LogP contribution in [-0.4, -0.2) is 34.4 Å². The van der Waals surface area contributed by atoms with Crippen LogP contribution >= 0.6 is 0 Å². The number of H-pyrrole nitrogens is 1. The van der Waals surface area contributed by atoms with Crippen LogP contribution in [0.1, 0.15) is 16.1 Å². The minimum absolute atomic E-state index is 0.105. The number of rotatable bonds is 5. The Bertz CT molecular complexity index is 870.